The molecule has 0 saturated carbocycles. The second-order valence-electron chi connectivity index (χ2n) is 20.3. The predicted molar refractivity (Wildman–Crippen MR) is 238 cm³/mol. The first-order valence-electron chi connectivity index (χ1n) is 25.1. The molecule has 7 heterocycles. The van der Waals surface area contributed by atoms with Crippen molar-refractivity contribution in [2.45, 2.75) is 249 Å². The Bertz CT molecular complexity index is 1950. The van der Waals surface area contributed by atoms with E-state index in [1.165, 1.54) is 27.7 Å². The van der Waals surface area contributed by atoms with Crippen LogP contribution < -0.4 is 5.32 Å². The van der Waals surface area contributed by atoms with E-state index in [-0.39, 0.29) is 0 Å². The second-order valence-corrected chi connectivity index (χ2v) is 20.3. The fourth-order valence-corrected chi connectivity index (χ4v) is 10.1. The molecule has 78 heavy (non-hydrogen) atoms. The number of hydrogen-bond donors (Lipinski definition) is 19. The molecule has 0 aliphatic carbocycles. The summed E-state index contributed by atoms with van der Waals surface area (Å²) in [5.74, 6) is -2.69. The Morgan fingerprint density at radius 2 is 0.756 bits per heavy atom. The van der Waals surface area contributed by atoms with Crippen LogP contribution >= 0.6 is 0 Å². The molecule has 0 aromatic rings. The van der Waals surface area contributed by atoms with Gasteiger partial charge in [0.2, 0.25) is 5.91 Å². The number of aliphatic carboxylic acids is 1. The topological polar surface area (TPSA) is 530 Å². The van der Waals surface area contributed by atoms with Crippen molar-refractivity contribution in [2.75, 3.05) is 13.2 Å². The van der Waals surface area contributed by atoms with E-state index in [4.69, 9.17) is 61.6 Å². The molecule has 7 saturated heterocycles. The smallest absolute Gasteiger partial charge is 0.335 e. The highest BCUT2D eigenvalue weighted by atomic mass is 16.8. The summed E-state index contributed by atoms with van der Waals surface area (Å²) in [6, 6.07) is -1.58. The lowest BCUT2D eigenvalue weighted by Crippen LogP contribution is -2.69. The van der Waals surface area contributed by atoms with Crippen LogP contribution in [0.15, 0.2) is 0 Å². The van der Waals surface area contributed by atoms with Crippen LogP contribution in [0.2, 0.25) is 0 Å². The number of carbonyl (C=O) groups excluding carboxylic acids is 1. The van der Waals surface area contributed by atoms with Gasteiger partial charge in [0, 0.05) is 6.92 Å². The van der Waals surface area contributed by atoms with E-state index in [2.05, 4.69) is 5.32 Å². The number of carbonyl (C=O) groups is 2. The first kappa shape index (κ1) is 63.3. The van der Waals surface area contributed by atoms with Crippen molar-refractivity contribution in [3.05, 3.63) is 0 Å². The van der Waals surface area contributed by atoms with Crippen molar-refractivity contribution in [1.29, 1.82) is 0 Å². The SMILES string of the molecule is CC(=O)N[C@H]1[C@@H](O[C@@H]2[C@@H](O)[C@H](C)O[C@@H](O[C@@H]3[C@H](O)[C@@H](O)[C@@H](O[C@H]4[C@H](O[C@@H]5[C@@H](O)[C@H](C)O[C@@H](O[C@@H]6[C@H](O)[C@@H](O)[C@H](C)O[C@H]6O)[C@@H]5O)O[C@@H](C)[C@H](O)[C@H]4O[C@@H]4O[C@H](CO)[C@@H](O)[C@H](O)[C@H]4O)O[C@@H]3C(=O)O)[C@@H]2O)O[C@H](CO)[C@@H](O)[C@@H]1O. The number of hydrogen-bond acceptors (Lipinski definition) is 32. The van der Waals surface area contributed by atoms with Crippen LogP contribution in [0.1, 0.15) is 34.6 Å². The first-order chi connectivity index (χ1) is 36.6. The molecule has 0 unspecified atom stereocenters. The summed E-state index contributed by atoms with van der Waals surface area (Å²) in [6.45, 7) is 4.33. The van der Waals surface area contributed by atoms with Gasteiger partial charge in [0.1, 0.15) is 140 Å². The number of carboxylic acids is 1. The summed E-state index contributed by atoms with van der Waals surface area (Å²) in [5.41, 5.74) is 0. The van der Waals surface area contributed by atoms with Gasteiger partial charge in [0.15, 0.2) is 50.1 Å². The standard InChI is InChI=1S/C44H73NO33/c1-8-16(49)24(57)34(38(65)66-8)76-43-29(62)31(18(51)10(3)68-43)73-44-36(32(19(52)11(4)69-44)74-40-26(59)23(56)21(54)14(7-47)71-40)78-41-27(60)25(58)33(35(77-41)37(63)64)75-42-28(61)30(17(50)9(2)67-42)72-39-15(45-12(5)48)22(55)20(53)13(6-46)70-39/h8-11,13-36,38-44,46-47,49-62,65H,6-7H2,1-5H3,(H,45,48)(H,63,64)/t8-,9-,10-,11-,13+,14+,15+,16-,17-,18-,19-,20+,21+,22+,23-,24+,25+,26+,27+,28+,29+,30+,31+,32+,33+,34+,35-,36+,38+,39+,40-,41+,42-,43-,44-/m0/s1. The Labute approximate surface area is 442 Å². The number of amides is 1. The van der Waals surface area contributed by atoms with Crippen LogP contribution in [-0.2, 0) is 71.2 Å². The molecule has 1 amide bonds. The van der Waals surface area contributed by atoms with Gasteiger partial charge < -0.3 is 159 Å². The van der Waals surface area contributed by atoms with Crippen LogP contribution in [-0.4, -0.2) is 332 Å². The van der Waals surface area contributed by atoms with Gasteiger partial charge in [-0.3, -0.25) is 4.79 Å². The molecule has 0 aromatic carbocycles. The number of nitrogens with one attached hydrogen (secondary N) is 1. The zero-order valence-corrected chi connectivity index (χ0v) is 42.3. The minimum Gasteiger partial charge on any atom is -0.479 e. The molecule has 0 radical (unpaired) electrons. The lowest BCUT2D eigenvalue weighted by Gasteiger charge is -2.51. The number of aliphatic hydroxyl groups excluding tert-OH is 17. The number of aliphatic hydroxyl groups is 17. The minimum atomic E-state index is -2.45. The van der Waals surface area contributed by atoms with Gasteiger partial charge in [-0.2, -0.15) is 0 Å². The summed E-state index contributed by atoms with van der Waals surface area (Å²) in [5, 5.41) is 198. The quantitative estimate of drug-likeness (QED) is 0.0682. The highest BCUT2D eigenvalue weighted by Crippen LogP contribution is 2.39. The van der Waals surface area contributed by atoms with Crippen molar-refractivity contribution in [3.8, 4) is 0 Å². The van der Waals surface area contributed by atoms with Crippen LogP contribution in [0.3, 0.4) is 0 Å². The van der Waals surface area contributed by atoms with E-state index in [0.717, 1.165) is 6.92 Å². The average molecular weight is 1140 g/mol. The molecule has 34 nitrogen and oxygen atoms in total. The highest BCUT2D eigenvalue weighted by Gasteiger charge is 2.59. The maximum absolute atomic E-state index is 13.0. The lowest BCUT2D eigenvalue weighted by atomic mass is 9.95. The van der Waals surface area contributed by atoms with Crippen molar-refractivity contribution in [1.82, 2.24) is 5.32 Å². The van der Waals surface area contributed by atoms with Crippen molar-refractivity contribution in [2.24, 2.45) is 0 Å². The molecule has 19 N–H and O–H groups in total. The zero-order valence-electron chi connectivity index (χ0n) is 42.3. The van der Waals surface area contributed by atoms with Gasteiger partial charge in [0.25, 0.3) is 0 Å². The summed E-state index contributed by atoms with van der Waals surface area (Å²) < 4.78 is 74.5. The summed E-state index contributed by atoms with van der Waals surface area (Å²) >= 11 is 0. The van der Waals surface area contributed by atoms with Crippen LogP contribution in [0, 0.1) is 0 Å². The summed E-state index contributed by atoms with van der Waals surface area (Å²) in [6.07, 6.45) is -65.1. The van der Waals surface area contributed by atoms with E-state index in [1.54, 1.807) is 0 Å². The largest absolute Gasteiger partial charge is 0.479 e. The van der Waals surface area contributed by atoms with Gasteiger partial charge in [-0.1, -0.05) is 0 Å². The fraction of sp³-hybridized carbons (Fsp3) is 0.955. The molecule has 34 heteroatoms. The predicted octanol–water partition coefficient (Wildman–Crippen LogP) is -11.9. The Morgan fingerprint density at radius 1 is 0.372 bits per heavy atom. The maximum atomic E-state index is 13.0. The Morgan fingerprint density at radius 3 is 1.28 bits per heavy atom. The van der Waals surface area contributed by atoms with Gasteiger partial charge in [-0.25, -0.2) is 4.79 Å². The van der Waals surface area contributed by atoms with Crippen molar-refractivity contribution in [3.63, 3.8) is 0 Å². The van der Waals surface area contributed by atoms with E-state index in [1.807, 2.05) is 0 Å². The summed E-state index contributed by atoms with van der Waals surface area (Å²) in [4.78, 5) is 25.1. The van der Waals surface area contributed by atoms with Gasteiger partial charge >= 0.3 is 5.97 Å². The molecule has 7 fully saturated rings. The fourth-order valence-electron chi connectivity index (χ4n) is 10.1. The molecular formula is C44H73NO33. The van der Waals surface area contributed by atoms with Gasteiger partial charge in [-0.05, 0) is 27.7 Å². The Balaban J connectivity index is 1.16. The van der Waals surface area contributed by atoms with Crippen molar-refractivity contribution >= 4 is 11.9 Å². The molecule has 0 spiro atoms. The molecule has 0 aromatic heterocycles. The highest BCUT2D eigenvalue weighted by molar-refractivity contribution is 5.73. The lowest BCUT2D eigenvalue weighted by molar-refractivity contribution is -0.410. The second kappa shape index (κ2) is 26.1. The third kappa shape index (κ3) is 12.9. The molecule has 7 rings (SSSR count). The minimum absolute atomic E-state index is 0.750. The average Bonchev–Trinajstić information content (AvgIpc) is 3.47. The number of carboxylic acid groups (broad SMARTS) is 1. The van der Waals surface area contributed by atoms with E-state index < -0.39 is 240 Å². The molecule has 35 atom stereocenters. The Kier molecular flexibility index (Phi) is 21.2. The molecular weight excluding hydrogens is 1070 g/mol. The summed E-state index contributed by atoms with van der Waals surface area (Å²) in [7, 11) is 0. The van der Waals surface area contributed by atoms with Gasteiger partial charge in [-0.15, -0.1) is 0 Å². The van der Waals surface area contributed by atoms with Crippen LogP contribution in [0.5, 0.6) is 0 Å². The maximum Gasteiger partial charge on any atom is 0.335 e. The monoisotopic (exact) mass is 1140 g/mol. The third-order valence-corrected chi connectivity index (χ3v) is 14.8. The third-order valence-electron chi connectivity index (χ3n) is 14.8. The van der Waals surface area contributed by atoms with E-state index in [9.17, 15) is 102 Å². The first-order valence-corrected chi connectivity index (χ1v) is 25.1. The number of rotatable bonds is 16. The molecule has 0 bridgehead atoms. The zero-order chi connectivity index (χ0) is 57.7. The molecule has 7 aliphatic rings. The molecule has 7 aliphatic heterocycles. The van der Waals surface area contributed by atoms with E-state index >= 15 is 0 Å². The Hall–Kier alpha value is -2.26. The normalized spacial score (nSPS) is 53.3. The van der Waals surface area contributed by atoms with Gasteiger partial charge in [0.05, 0.1) is 37.6 Å². The van der Waals surface area contributed by atoms with E-state index in [0.29, 0.717) is 0 Å². The molecule has 452 valence electrons. The number of ether oxygens (including phenoxy) is 13. The van der Waals surface area contributed by atoms with Crippen molar-refractivity contribution < 1.29 is 163 Å². The van der Waals surface area contributed by atoms with Crippen LogP contribution in [0.25, 0.3) is 0 Å². The van der Waals surface area contributed by atoms with Crippen LogP contribution in [0.4, 0.5) is 0 Å².